The average Bonchev–Trinajstić information content (AvgIpc) is 2.43. The van der Waals surface area contributed by atoms with Crippen LogP contribution in [0.5, 0.6) is 0 Å². The summed E-state index contributed by atoms with van der Waals surface area (Å²) in [7, 11) is 1.65. The van der Waals surface area contributed by atoms with Crippen molar-refractivity contribution in [3.05, 3.63) is 34.9 Å². The Balaban J connectivity index is 2.08. The molecule has 2 rings (SSSR count). The predicted octanol–water partition coefficient (Wildman–Crippen LogP) is 2.49. The van der Waals surface area contributed by atoms with Gasteiger partial charge in [0.2, 0.25) is 0 Å². The topological polar surface area (TPSA) is 32.3 Å². The van der Waals surface area contributed by atoms with Crippen LogP contribution in [0.1, 0.15) is 35.2 Å². The molecule has 1 aliphatic heterocycles. The highest BCUT2D eigenvalue weighted by molar-refractivity contribution is 5.94. The van der Waals surface area contributed by atoms with Gasteiger partial charge in [-0.15, -0.1) is 0 Å². The highest BCUT2D eigenvalue weighted by Gasteiger charge is 2.21. The van der Waals surface area contributed by atoms with Crippen molar-refractivity contribution >= 4 is 5.91 Å². The molecule has 1 heterocycles. The Morgan fingerprint density at radius 2 is 2.10 bits per heavy atom. The standard InChI is InChI=1S/C15H20F2N2O/c1-10-7-12(14(17)8-13(10)16)15(20)19(2)9-11-5-3-4-6-18-11/h7-8,11,18H,3-6,9H2,1-2H3. The molecule has 1 saturated heterocycles. The maximum absolute atomic E-state index is 13.7. The number of hydrogen-bond donors (Lipinski definition) is 1. The van der Waals surface area contributed by atoms with Crippen molar-refractivity contribution in [2.45, 2.75) is 32.2 Å². The number of rotatable bonds is 3. The lowest BCUT2D eigenvalue weighted by atomic mass is 10.0. The summed E-state index contributed by atoms with van der Waals surface area (Å²) in [6.07, 6.45) is 3.31. The van der Waals surface area contributed by atoms with Gasteiger partial charge in [0, 0.05) is 25.7 Å². The summed E-state index contributed by atoms with van der Waals surface area (Å²) in [5.41, 5.74) is 0.209. The van der Waals surface area contributed by atoms with E-state index >= 15 is 0 Å². The van der Waals surface area contributed by atoms with E-state index in [1.807, 2.05) is 0 Å². The maximum atomic E-state index is 13.7. The van der Waals surface area contributed by atoms with E-state index in [-0.39, 0.29) is 17.2 Å². The maximum Gasteiger partial charge on any atom is 0.256 e. The second-order valence-electron chi connectivity index (χ2n) is 5.41. The number of carbonyl (C=O) groups is 1. The van der Waals surface area contributed by atoms with Crippen LogP contribution in [0.15, 0.2) is 12.1 Å². The van der Waals surface area contributed by atoms with Crippen LogP contribution in [-0.4, -0.2) is 37.0 Å². The van der Waals surface area contributed by atoms with Crippen LogP contribution in [0, 0.1) is 18.6 Å². The molecule has 0 radical (unpaired) electrons. The van der Waals surface area contributed by atoms with E-state index in [4.69, 9.17) is 0 Å². The van der Waals surface area contributed by atoms with Gasteiger partial charge in [0.15, 0.2) is 0 Å². The number of aryl methyl sites for hydroxylation is 1. The lowest BCUT2D eigenvalue weighted by molar-refractivity contribution is 0.0770. The molecule has 1 fully saturated rings. The predicted molar refractivity (Wildman–Crippen MR) is 73.7 cm³/mol. The van der Waals surface area contributed by atoms with Crippen molar-refractivity contribution in [1.29, 1.82) is 0 Å². The normalized spacial score (nSPS) is 18.9. The van der Waals surface area contributed by atoms with Gasteiger partial charge in [-0.1, -0.05) is 6.42 Å². The lowest BCUT2D eigenvalue weighted by Crippen LogP contribution is -2.44. The van der Waals surface area contributed by atoms with Gasteiger partial charge >= 0.3 is 0 Å². The monoisotopic (exact) mass is 282 g/mol. The number of likely N-dealkylation sites (N-methyl/N-ethyl adjacent to an activating group) is 1. The third kappa shape index (κ3) is 3.33. The first-order valence-corrected chi connectivity index (χ1v) is 6.93. The Labute approximate surface area is 118 Å². The quantitative estimate of drug-likeness (QED) is 0.924. The molecule has 0 saturated carbocycles. The first-order chi connectivity index (χ1) is 9.49. The Morgan fingerprint density at radius 3 is 2.75 bits per heavy atom. The first-order valence-electron chi connectivity index (χ1n) is 6.93. The van der Waals surface area contributed by atoms with Gasteiger partial charge in [-0.3, -0.25) is 4.79 Å². The van der Waals surface area contributed by atoms with Gasteiger partial charge in [0.05, 0.1) is 5.56 Å². The molecule has 0 aliphatic carbocycles. The summed E-state index contributed by atoms with van der Waals surface area (Å²) in [5, 5.41) is 3.34. The molecule has 1 aromatic rings. The average molecular weight is 282 g/mol. The molecule has 20 heavy (non-hydrogen) atoms. The molecule has 110 valence electrons. The SMILES string of the molecule is Cc1cc(C(=O)N(C)CC2CCCCN2)c(F)cc1F. The Kier molecular flexibility index (Phi) is 4.70. The number of hydrogen-bond acceptors (Lipinski definition) is 2. The zero-order valence-electron chi connectivity index (χ0n) is 11.9. The summed E-state index contributed by atoms with van der Waals surface area (Å²) in [4.78, 5) is 13.7. The molecule has 0 bridgehead atoms. The minimum absolute atomic E-state index is 0.0674. The molecule has 1 atom stereocenters. The number of piperidine rings is 1. The van der Waals surface area contributed by atoms with Crippen molar-refractivity contribution in [3.8, 4) is 0 Å². The van der Waals surface area contributed by atoms with Gasteiger partial charge in [-0.25, -0.2) is 8.78 Å². The van der Waals surface area contributed by atoms with Gasteiger partial charge in [-0.05, 0) is 37.9 Å². The molecule has 1 amide bonds. The fourth-order valence-corrected chi connectivity index (χ4v) is 2.52. The third-order valence-electron chi connectivity index (χ3n) is 3.73. The third-order valence-corrected chi connectivity index (χ3v) is 3.73. The summed E-state index contributed by atoms with van der Waals surface area (Å²) in [5.74, 6) is -1.84. The molecule has 5 heteroatoms. The molecule has 1 N–H and O–H groups in total. The molecular formula is C15H20F2N2O. The highest BCUT2D eigenvalue weighted by Crippen LogP contribution is 2.16. The molecular weight excluding hydrogens is 262 g/mol. The van der Waals surface area contributed by atoms with Crippen LogP contribution in [0.4, 0.5) is 8.78 Å². The van der Waals surface area contributed by atoms with Gasteiger partial charge in [0.1, 0.15) is 11.6 Å². The van der Waals surface area contributed by atoms with Crippen LogP contribution < -0.4 is 5.32 Å². The van der Waals surface area contributed by atoms with Crippen molar-refractivity contribution in [2.24, 2.45) is 0 Å². The summed E-state index contributed by atoms with van der Waals surface area (Å²) >= 11 is 0. The highest BCUT2D eigenvalue weighted by atomic mass is 19.1. The molecule has 3 nitrogen and oxygen atoms in total. The number of nitrogens with zero attached hydrogens (tertiary/aromatic N) is 1. The van der Waals surface area contributed by atoms with E-state index in [2.05, 4.69) is 5.32 Å². The Bertz CT molecular complexity index is 499. The minimum Gasteiger partial charge on any atom is -0.340 e. The number of halogens is 2. The van der Waals surface area contributed by atoms with Crippen LogP contribution in [0.25, 0.3) is 0 Å². The van der Waals surface area contributed by atoms with Crippen molar-refractivity contribution in [2.75, 3.05) is 20.1 Å². The minimum atomic E-state index is -0.804. The molecule has 0 spiro atoms. The van der Waals surface area contributed by atoms with Gasteiger partial charge in [0.25, 0.3) is 5.91 Å². The van der Waals surface area contributed by atoms with E-state index < -0.39 is 17.5 Å². The fourth-order valence-electron chi connectivity index (χ4n) is 2.52. The number of carbonyl (C=O) groups excluding carboxylic acids is 1. The second-order valence-corrected chi connectivity index (χ2v) is 5.41. The first kappa shape index (κ1) is 14.9. The summed E-state index contributed by atoms with van der Waals surface area (Å²) in [6.45, 7) is 3.01. The van der Waals surface area contributed by atoms with E-state index in [0.717, 1.165) is 31.9 Å². The lowest BCUT2D eigenvalue weighted by Gasteiger charge is -2.28. The van der Waals surface area contributed by atoms with Gasteiger partial charge in [-0.2, -0.15) is 0 Å². The largest absolute Gasteiger partial charge is 0.340 e. The van der Waals surface area contributed by atoms with E-state index in [0.29, 0.717) is 6.54 Å². The smallest absolute Gasteiger partial charge is 0.256 e. The van der Waals surface area contributed by atoms with Crippen LogP contribution >= 0.6 is 0 Å². The molecule has 1 unspecified atom stereocenters. The number of benzene rings is 1. The van der Waals surface area contributed by atoms with Crippen molar-refractivity contribution in [1.82, 2.24) is 10.2 Å². The summed E-state index contributed by atoms with van der Waals surface area (Å²) < 4.78 is 26.9. The fraction of sp³-hybridized carbons (Fsp3) is 0.533. The van der Waals surface area contributed by atoms with E-state index in [1.165, 1.54) is 17.9 Å². The van der Waals surface area contributed by atoms with Crippen molar-refractivity contribution in [3.63, 3.8) is 0 Å². The zero-order valence-corrected chi connectivity index (χ0v) is 11.9. The van der Waals surface area contributed by atoms with E-state index in [1.54, 1.807) is 7.05 Å². The van der Waals surface area contributed by atoms with Crippen molar-refractivity contribution < 1.29 is 13.6 Å². The molecule has 1 aromatic carbocycles. The van der Waals surface area contributed by atoms with Crippen LogP contribution in [-0.2, 0) is 0 Å². The second kappa shape index (κ2) is 6.31. The Hall–Kier alpha value is -1.49. The number of amides is 1. The number of nitrogens with one attached hydrogen (secondary N) is 1. The van der Waals surface area contributed by atoms with Crippen LogP contribution in [0.2, 0.25) is 0 Å². The molecule has 0 aromatic heterocycles. The molecule has 1 aliphatic rings. The zero-order chi connectivity index (χ0) is 14.7. The van der Waals surface area contributed by atoms with E-state index in [9.17, 15) is 13.6 Å². The van der Waals surface area contributed by atoms with Gasteiger partial charge < -0.3 is 10.2 Å². The van der Waals surface area contributed by atoms with Crippen LogP contribution in [0.3, 0.4) is 0 Å². The Morgan fingerprint density at radius 1 is 1.35 bits per heavy atom. The summed E-state index contributed by atoms with van der Waals surface area (Å²) in [6, 6.07) is 2.30.